The first-order valence-corrected chi connectivity index (χ1v) is 12.2. The first-order valence-electron chi connectivity index (χ1n) is 12.2. The molecule has 0 atom stereocenters. The summed E-state index contributed by atoms with van der Waals surface area (Å²) in [4.78, 5) is 13.1. The molecule has 0 spiro atoms. The Kier molecular flexibility index (Phi) is 7.73. The molecule has 2 aromatic rings. The van der Waals surface area contributed by atoms with E-state index in [0.29, 0.717) is 11.9 Å². The number of carbonyl (C=O) groups is 1. The minimum atomic E-state index is -4.69. The summed E-state index contributed by atoms with van der Waals surface area (Å²) in [5.41, 5.74) is -0.0505. The Morgan fingerprint density at radius 1 is 0.944 bits per heavy atom. The lowest BCUT2D eigenvalue weighted by Gasteiger charge is -2.31. The Morgan fingerprint density at radius 3 is 2.19 bits per heavy atom. The summed E-state index contributed by atoms with van der Waals surface area (Å²) < 4.78 is 86.6. The number of benzene rings is 2. The van der Waals surface area contributed by atoms with Crippen molar-refractivity contribution in [2.75, 3.05) is 13.1 Å². The van der Waals surface area contributed by atoms with E-state index in [1.807, 2.05) is 0 Å². The number of nitrogens with zero attached hydrogens (tertiary/aromatic N) is 1. The van der Waals surface area contributed by atoms with Crippen LogP contribution in [0.5, 0.6) is 5.75 Å². The lowest BCUT2D eigenvalue weighted by Crippen LogP contribution is -2.33. The lowest BCUT2D eigenvalue weighted by molar-refractivity contribution is -0.185. The van der Waals surface area contributed by atoms with Gasteiger partial charge in [0.1, 0.15) is 11.3 Å². The quantitative estimate of drug-likeness (QED) is 0.418. The molecule has 2 fully saturated rings. The van der Waals surface area contributed by atoms with Crippen LogP contribution in [0.2, 0.25) is 0 Å². The number of alkyl halides is 6. The second-order valence-corrected chi connectivity index (χ2v) is 9.94. The van der Waals surface area contributed by atoms with Gasteiger partial charge in [0, 0.05) is 13.0 Å². The highest BCUT2D eigenvalue weighted by atomic mass is 19.4. The number of carboxylic acids is 1. The Bertz CT molecular complexity index is 1070. The van der Waals surface area contributed by atoms with E-state index in [1.54, 1.807) is 18.2 Å². The van der Waals surface area contributed by atoms with E-state index in [4.69, 9.17) is 9.84 Å². The highest BCUT2D eigenvalue weighted by Crippen LogP contribution is 2.44. The highest BCUT2D eigenvalue weighted by Gasteiger charge is 2.42. The van der Waals surface area contributed by atoms with Crippen molar-refractivity contribution >= 4 is 16.7 Å². The minimum absolute atomic E-state index is 0.00658. The van der Waals surface area contributed by atoms with Gasteiger partial charge >= 0.3 is 18.3 Å². The number of aliphatic carboxylic acids is 1. The normalized spacial score (nSPS) is 22.6. The topological polar surface area (TPSA) is 49.8 Å². The summed E-state index contributed by atoms with van der Waals surface area (Å²) in [6, 6.07) is 7.62. The van der Waals surface area contributed by atoms with Gasteiger partial charge < -0.3 is 9.84 Å². The van der Waals surface area contributed by atoms with Gasteiger partial charge in [-0.3, -0.25) is 9.69 Å². The molecule has 1 saturated carbocycles. The molecule has 4 rings (SSSR count). The van der Waals surface area contributed by atoms with Crippen LogP contribution in [0.15, 0.2) is 30.3 Å². The van der Waals surface area contributed by atoms with Crippen molar-refractivity contribution < 1.29 is 41.0 Å². The molecule has 1 aliphatic heterocycles. The SMILES string of the molecule is O=C(O)CC1CCN(Cc2ccc3c(C(F)(F)F)c(O[C@H]4CC[C@@H](C(F)(F)F)CC4)ccc3c2)CC1. The van der Waals surface area contributed by atoms with Crippen LogP contribution in [0.4, 0.5) is 26.3 Å². The Labute approximate surface area is 205 Å². The van der Waals surface area contributed by atoms with Crippen LogP contribution in [0.25, 0.3) is 10.8 Å². The Balaban J connectivity index is 1.48. The van der Waals surface area contributed by atoms with Crippen molar-refractivity contribution in [3.05, 3.63) is 41.5 Å². The van der Waals surface area contributed by atoms with E-state index in [-0.39, 0.29) is 49.2 Å². The van der Waals surface area contributed by atoms with Crippen molar-refractivity contribution in [1.82, 2.24) is 4.90 Å². The zero-order chi connectivity index (χ0) is 26.1. The minimum Gasteiger partial charge on any atom is -0.490 e. The third-order valence-electron chi connectivity index (χ3n) is 7.34. The molecule has 4 nitrogen and oxygen atoms in total. The molecule has 1 saturated heterocycles. The number of fused-ring (bicyclic) bond motifs is 1. The molecule has 1 N–H and O–H groups in total. The zero-order valence-corrected chi connectivity index (χ0v) is 19.7. The first kappa shape index (κ1) is 26.6. The van der Waals surface area contributed by atoms with Gasteiger partial charge in [-0.05, 0) is 86.0 Å². The van der Waals surface area contributed by atoms with Gasteiger partial charge in [0.25, 0.3) is 0 Å². The molecule has 2 aromatic carbocycles. The average molecular weight is 518 g/mol. The molecule has 198 valence electrons. The van der Waals surface area contributed by atoms with Crippen molar-refractivity contribution in [3.8, 4) is 5.75 Å². The maximum atomic E-state index is 14.1. The fourth-order valence-corrected chi connectivity index (χ4v) is 5.39. The summed E-state index contributed by atoms with van der Waals surface area (Å²) in [6.45, 7) is 2.01. The largest absolute Gasteiger partial charge is 0.490 e. The molecule has 0 radical (unpaired) electrons. The molecule has 0 aromatic heterocycles. The van der Waals surface area contributed by atoms with Gasteiger partial charge in [-0.15, -0.1) is 0 Å². The summed E-state index contributed by atoms with van der Waals surface area (Å²) >= 11 is 0. The number of ether oxygens (including phenoxy) is 1. The number of hydrogen-bond acceptors (Lipinski definition) is 3. The van der Waals surface area contributed by atoms with Gasteiger partial charge in [-0.2, -0.15) is 26.3 Å². The number of piperidine rings is 1. The van der Waals surface area contributed by atoms with E-state index < -0.39 is 35.9 Å². The highest BCUT2D eigenvalue weighted by molar-refractivity contribution is 5.89. The number of carboxylic acid groups (broad SMARTS) is 1. The van der Waals surface area contributed by atoms with Crippen LogP contribution in [0.1, 0.15) is 56.1 Å². The molecule has 0 bridgehead atoms. The van der Waals surface area contributed by atoms with E-state index in [2.05, 4.69) is 4.90 Å². The van der Waals surface area contributed by atoms with E-state index >= 15 is 0 Å². The smallest absolute Gasteiger partial charge is 0.420 e. The maximum Gasteiger partial charge on any atom is 0.420 e. The van der Waals surface area contributed by atoms with E-state index in [0.717, 1.165) is 31.5 Å². The lowest BCUT2D eigenvalue weighted by atomic mass is 9.87. The summed E-state index contributed by atoms with van der Waals surface area (Å²) in [7, 11) is 0. The van der Waals surface area contributed by atoms with Crippen LogP contribution in [-0.2, 0) is 17.5 Å². The van der Waals surface area contributed by atoms with Gasteiger partial charge in [0.15, 0.2) is 0 Å². The van der Waals surface area contributed by atoms with Crippen molar-refractivity contribution in [2.24, 2.45) is 11.8 Å². The van der Waals surface area contributed by atoms with Gasteiger partial charge in [-0.25, -0.2) is 0 Å². The Morgan fingerprint density at radius 2 is 1.61 bits per heavy atom. The van der Waals surface area contributed by atoms with Crippen LogP contribution < -0.4 is 4.74 Å². The van der Waals surface area contributed by atoms with Gasteiger partial charge in [0.2, 0.25) is 0 Å². The van der Waals surface area contributed by atoms with Crippen LogP contribution in [-0.4, -0.2) is 41.3 Å². The average Bonchev–Trinajstić information content (AvgIpc) is 2.79. The van der Waals surface area contributed by atoms with Crippen molar-refractivity contribution in [1.29, 1.82) is 0 Å². The van der Waals surface area contributed by atoms with Gasteiger partial charge in [-0.1, -0.05) is 18.2 Å². The first-order chi connectivity index (χ1) is 16.9. The maximum absolute atomic E-state index is 14.1. The Hall–Kier alpha value is -2.49. The summed E-state index contributed by atoms with van der Waals surface area (Å²) in [5, 5.41) is 9.36. The predicted molar refractivity (Wildman–Crippen MR) is 122 cm³/mol. The second kappa shape index (κ2) is 10.5. The fourth-order valence-electron chi connectivity index (χ4n) is 5.39. The van der Waals surface area contributed by atoms with Crippen molar-refractivity contribution in [3.63, 3.8) is 0 Å². The molecular weight excluding hydrogens is 488 g/mol. The molecule has 36 heavy (non-hydrogen) atoms. The van der Waals surface area contributed by atoms with Crippen molar-refractivity contribution in [2.45, 2.75) is 69.9 Å². The number of rotatable bonds is 6. The molecular formula is C26H29F6NO3. The fraction of sp³-hybridized carbons (Fsp3) is 0.577. The molecule has 2 aliphatic rings. The third-order valence-corrected chi connectivity index (χ3v) is 7.34. The van der Waals surface area contributed by atoms with Crippen LogP contribution in [0.3, 0.4) is 0 Å². The predicted octanol–water partition coefficient (Wildman–Crippen LogP) is 7.05. The zero-order valence-electron chi connectivity index (χ0n) is 19.7. The molecule has 0 amide bonds. The number of halogens is 6. The molecule has 1 heterocycles. The summed E-state index contributed by atoms with van der Waals surface area (Å²) in [5.74, 6) is -2.44. The molecule has 10 heteroatoms. The number of hydrogen-bond donors (Lipinski definition) is 1. The van der Waals surface area contributed by atoms with E-state index in [1.165, 1.54) is 12.1 Å². The number of likely N-dealkylation sites (tertiary alicyclic amines) is 1. The molecule has 0 unspecified atom stereocenters. The standard InChI is InChI=1S/C26H29F6NO3/c27-25(28,29)19-3-5-20(6-4-19)36-22-8-2-18-13-17(1-7-21(18)24(22)26(30,31)32)15-33-11-9-16(10-12-33)14-23(34)35/h1-2,7-8,13,16,19-20H,3-6,9-12,14-15H2,(H,34,35)/t19-,20+. The molecule has 1 aliphatic carbocycles. The second-order valence-electron chi connectivity index (χ2n) is 9.94. The van der Waals surface area contributed by atoms with E-state index in [9.17, 15) is 31.1 Å². The van der Waals surface area contributed by atoms with Crippen LogP contribution in [0, 0.1) is 11.8 Å². The third kappa shape index (κ3) is 6.44. The summed E-state index contributed by atoms with van der Waals surface area (Å²) in [6.07, 6.45) is -8.18. The van der Waals surface area contributed by atoms with Gasteiger partial charge in [0.05, 0.1) is 12.0 Å². The van der Waals surface area contributed by atoms with Crippen LogP contribution >= 0.6 is 0 Å². The monoisotopic (exact) mass is 517 g/mol.